The summed E-state index contributed by atoms with van der Waals surface area (Å²) in [4.78, 5) is 16.2. The summed E-state index contributed by atoms with van der Waals surface area (Å²) >= 11 is 0. The SMILES string of the molecule is CCOC(=O)C(c1nc(C(C)C)n[nH]1)C(C)C. The van der Waals surface area contributed by atoms with Gasteiger partial charge in [0, 0.05) is 5.92 Å². The Hall–Kier alpha value is -1.39. The molecule has 5 nitrogen and oxygen atoms in total. The van der Waals surface area contributed by atoms with Crippen molar-refractivity contribution >= 4 is 5.97 Å². The molecular formula is C12H21N3O2. The number of nitrogens with one attached hydrogen (secondary N) is 1. The maximum absolute atomic E-state index is 11.9. The molecule has 5 heteroatoms. The predicted octanol–water partition coefficient (Wildman–Crippen LogP) is 2.23. The van der Waals surface area contributed by atoms with Crippen molar-refractivity contribution in [2.75, 3.05) is 6.61 Å². The van der Waals surface area contributed by atoms with Gasteiger partial charge < -0.3 is 4.74 Å². The van der Waals surface area contributed by atoms with Crippen molar-refractivity contribution in [2.24, 2.45) is 5.92 Å². The van der Waals surface area contributed by atoms with E-state index in [1.165, 1.54) is 0 Å². The van der Waals surface area contributed by atoms with Crippen LogP contribution in [-0.4, -0.2) is 27.8 Å². The van der Waals surface area contributed by atoms with Gasteiger partial charge in [0.15, 0.2) is 5.82 Å². The minimum Gasteiger partial charge on any atom is -0.465 e. The van der Waals surface area contributed by atoms with Crippen LogP contribution in [0, 0.1) is 5.92 Å². The van der Waals surface area contributed by atoms with Gasteiger partial charge in [-0.1, -0.05) is 27.7 Å². The lowest BCUT2D eigenvalue weighted by molar-refractivity contribution is -0.146. The average molecular weight is 239 g/mol. The molecule has 0 amide bonds. The lowest BCUT2D eigenvalue weighted by Gasteiger charge is -2.16. The van der Waals surface area contributed by atoms with Crippen molar-refractivity contribution in [1.82, 2.24) is 15.2 Å². The molecule has 0 saturated carbocycles. The first-order valence-electron chi connectivity index (χ1n) is 6.06. The molecule has 1 N–H and O–H groups in total. The number of hydrogen-bond donors (Lipinski definition) is 1. The van der Waals surface area contributed by atoms with E-state index in [-0.39, 0.29) is 23.7 Å². The van der Waals surface area contributed by atoms with Gasteiger partial charge in [0.2, 0.25) is 0 Å². The molecule has 1 atom stereocenters. The third kappa shape index (κ3) is 3.28. The Morgan fingerprint density at radius 3 is 2.41 bits per heavy atom. The zero-order valence-electron chi connectivity index (χ0n) is 11.2. The van der Waals surface area contributed by atoms with Gasteiger partial charge in [-0.05, 0) is 12.8 Å². The fourth-order valence-electron chi connectivity index (χ4n) is 1.62. The topological polar surface area (TPSA) is 67.9 Å². The summed E-state index contributed by atoms with van der Waals surface area (Å²) < 4.78 is 5.06. The minimum atomic E-state index is -0.366. The van der Waals surface area contributed by atoms with Gasteiger partial charge in [-0.3, -0.25) is 9.89 Å². The van der Waals surface area contributed by atoms with E-state index in [9.17, 15) is 4.79 Å². The number of carbonyl (C=O) groups is 1. The van der Waals surface area contributed by atoms with Gasteiger partial charge in [0.1, 0.15) is 11.7 Å². The van der Waals surface area contributed by atoms with Crippen LogP contribution in [0.4, 0.5) is 0 Å². The summed E-state index contributed by atoms with van der Waals surface area (Å²) in [5.41, 5.74) is 0. The molecule has 0 aromatic carbocycles. The number of nitrogens with zero attached hydrogens (tertiary/aromatic N) is 2. The number of carbonyl (C=O) groups excluding carboxylic acids is 1. The maximum atomic E-state index is 11.9. The molecule has 1 rings (SSSR count). The average Bonchev–Trinajstić information content (AvgIpc) is 2.66. The first-order chi connectivity index (χ1) is 7.97. The van der Waals surface area contributed by atoms with Crippen LogP contribution in [0.1, 0.15) is 58.1 Å². The molecule has 1 unspecified atom stereocenters. The summed E-state index contributed by atoms with van der Waals surface area (Å²) in [5.74, 6) is 1.10. The van der Waals surface area contributed by atoms with Gasteiger partial charge >= 0.3 is 5.97 Å². The highest BCUT2D eigenvalue weighted by Crippen LogP contribution is 2.24. The van der Waals surface area contributed by atoms with Gasteiger partial charge in [-0.2, -0.15) is 5.10 Å². The van der Waals surface area contributed by atoms with Crippen LogP contribution in [0.15, 0.2) is 0 Å². The first kappa shape index (κ1) is 13.7. The zero-order chi connectivity index (χ0) is 13.0. The molecule has 0 fully saturated rings. The minimum absolute atomic E-state index is 0.127. The van der Waals surface area contributed by atoms with Crippen LogP contribution in [0.25, 0.3) is 0 Å². The number of esters is 1. The molecule has 0 spiro atoms. The molecule has 1 aromatic rings. The summed E-state index contributed by atoms with van der Waals surface area (Å²) in [7, 11) is 0. The Labute approximate surface area is 102 Å². The number of rotatable bonds is 5. The number of aromatic amines is 1. The van der Waals surface area contributed by atoms with E-state index < -0.39 is 0 Å². The van der Waals surface area contributed by atoms with Crippen LogP contribution >= 0.6 is 0 Å². The van der Waals surface area contributed by atoms with Crippen molar-refractivity contribution < 1.29 is 9.53 Å². The maximum Gasteiger partial charge on any atom is 0.316 e. The van der Waals surface area contributed by atoms with Gasteiger partial charge in [-0.25, -0.2) is 4.98 Å². The summed E-state index contributed by atoms with van der Waals surface area (Å²) in [6.07, 6.45) is 0. The third-order valence-electron chi connectivity index (χ3n) is 2.54. The number of aromatic nitrogens is 3. The van der Waals surface area contributed by atoms with Crippen LogP contribution in [0.3, 0.4) is 0 Å². The number of ether oxygens (including phenoxy) is 1. The van der Waals surface area contributed by atoms with Crippen LogP contribution in [0.5, 0.6) is 0 Å². The molecule has 0 saturated heterocycles. The molecule has 1 heterocycles. The molecule has 0 aliphatic rings. The fourth-order valence-corrected chi connectivity index (χ4v) is 1.62. The van der Waals surface area contributed by atoms with Crippen LogP contribution in [0.2, 0.25) is 0 Å². The molecule has 0 bridgehead atoms. The van der Waals surface area contributed by atoms with Gasteiger partial charge in [0.25, 0.3) is 0 Å². The van der Waals surface area contributed by atoms with Crippen molar-refractivity contribution in [3.05, 3.63) is 11.6 Å². The van der Waals surface area contributed by atoms with E-state index >= 15 is 0 Å². The predicted molar refractivity (Wildman–Crippen MR) is 64.7 cm³/mol. The first-order valence-corrected chi connectivity index (χ1v) is 6.06. The van der Waals surface area contributed by atoms with Crippen LogP contribution < -0.4 is 0 Å². The second kappa shape index (κ2) is 5.80. The summed E-state index contributed by atoms with van der Waals surface area (Å²) in [6, 6.07) is 0. The number of hydrogen-bond acceptors (Lipinski definition) is 4. The quantitative estimate of drug-likeness (QED) is 0.800. The standard InChI is InChI=1S/C12H21N3O2/c1-6-17-12(16)9(7(2)3)11-13-10(8(4)5)14-15-11/h7-9H,6H2,1-5H3,(H,13,14,15). The highest BCUT2D eigenvalue weighted by atomic mass is 16.5. The van der Waals surface area contributed by atoms with E-state index in [4.69, 9.17) is 4.74 Å². The Kier molecular flexibility index (Phi) is 4.66. The zero-order valence-corrected chi connectivity index (χ0v) is 11.2. The van der Waals surface area contributed by atoms with E-state index in [1.54, 1.807) is 6.92 Å². The molecule has 0 aliphatic carbocycles. The van der Waals surface area contributed by atoms with Gasteiger partial charge in [0.05, 0.1) is 6.61 Å². The van der Waals surface area contributed by atoms with Crippen molar-refractivity contribution in [3.8, 4) is 0 Å². The molecule has 96 valence electrons. The fraction of sp³-hybridized carbons (Fsp3) is 0.750. The van der Waals surface area contributed by atoms with Crippen molar-refractivity contribution in [2.45, 2.75) is 46.5 Å². The lowest BCUT2D eigenvalue weighted by atomic mass is 9.95. The molecule has 17 heavy (non-hydrogen) atoms. The third-order valence-corrected chi connectivity index (χ3v) is 2.54. The molecule has 0 radical (unpaired) electrons. The highest BCUT2D eigenvalue weighted by molar-refractivity contribution is 5.77. The van der Waals surface area contributed by atoms with E-state index in [1.807, 2.05) is 27.7 Å². The van der Waals surface area contributed by atoms with Crippen LogP contribution in [-0.2, 0) is 9.53 Å². The van der Waals surface area contributed by atoms with Crippen molar-refractivity contribution in [1.29, 1.82) is 0 Å². The van der Waals surface area contributed by atoms with E-state index in [2.05, 4.69) is 15.2 Å². The molecule has 0 aliphatic heterocycles. The Balaban J connectivity index is 2.93. The largest absolute Gasteiger partial charge is 0.465 e. The van der Waals surface area contributed by atoms with Gasteiger partial charge in [-0.15, -0.1) is 0 Å². The monoisotopic (exact) mass is 239 g/mol. The highest BCUT2D eigenvalue weighted by Gasteiger charge is 2.29. The molecule has 1 aromatic heterocycles. The smallest absolute Gasteiger partial charge is 0.316 e. The summed E-state index contributed by atoms with van der Waals surface area (Å²) in [5, 5.41) is 6.96. The summed E-state index contributed by atoms with van der Waals surface area (Å²) in [6.45, 7) is 10.2. The van der Waals surface area contributed by atoms with E-state index in [0.717, 1.165) is 5.82 Å². The normalized spacial score (nSPS) is 13.1. The molecular weight excluding hydrogens is 218 g/mol. The Morgan fingerprint density at radius 2 is 2.00 bits per heavy atom. The Bertz CT molecular complexity index is 372. The van der Waals surface area contributed by atoms with E-state index in [0.29, 0.717) is 12.4 Å². The van der Waals surface area contributed by atoms with Crippen molar-refractivity contribution in [3.63, 3.8) is 0 Å². The lowest BCUT2D eigenvalue weighted by Crippen LogP contribution is -2.22. The second-order valence-electron chi connectivity index (χ2n) is 4.71. The Morgan fingerprint density at radius 1 is 1.35 bits per heavy atom. The number of H-pyrrole nitrogens is 1. The second-order valence-corrected chi connectivity index (χ2v) is 4.71.